The minimum absolute atomic E-state index is 0.280. The van der Waals surface area contributed by atoms with Crippen LogP contribution in [0.15, 0.2) is 72.8 Å². The number of benzene rings is 3. The number of rotatable bonds is 9. The van der Waals surface area contributed by atoms with E-state index in [0.29, 0.717) is 35.6 Å². The summed E-state index contributed by atoms with van der Waals surface area (Å²) in [5.41, 5.74) is 1.99. The lowest BCUT2D eigenvalue weighted by Crippen LogP contribution is -2.63. The van der Waals surface area contributed by atoms with Crippen LogP contribution in [0.1, 0.15) is 29.8 Å². The molecule has 4 atom stereocenters. The molecule has 0 aromatic heterocycles. The number of nitrogens with one attached hydrogen (secondary N) is 1. The molecule has 0 bridgehead atoms. The van der Waals surface area contributed by atoms with Crippen molar-refractivity contribution in [1.82, 2.24) is 5.32 Å². The molecule has 1 aliphatic heterocycles. The van der Waals surface area contributed by atoms with Gasteiger partial charge in [0.05, 0.1) is 18.3 Å². The van der Waals surface area contributed by atoms with E-state index in [2.05, 4.69) is 5.32 Å². The number of carbonyl (C=O) groups excluding carboxylic acids is 1. The van der Waals surface area contributed by atoms with Crippen LogP contribution in [-0.4, -0.2) is 67.1 Å². The summed E-state index contributed by atoms with van der Waals surface area (Å²) in [4.78, 5) is 13.4. The number of methoxy groups -OCH3 is 2. The Kier molecular flexibility index (Phi) is 8.69. The van der Waals surface area contributed by atoms with Gasteiger partial charge in [-0.05, 0) is 55.7 Å². The standard InChI is InChI=1S/C30H35NO7/c1-30(2)27(36-4)25(32)26(33)29(38-30)37-20-14-15-21(22-12-8-9-13-24(22)35-3)23(18-20)28(34)31-17-16-19-10-6-5-7-11-19/h5-15,18,25-27,29,32-33H,16-17H2,1-4H3,(H,31,34)/t25-,26+,27+,29+/m0/s1. The maximum atomic E-state index is 13.4. The summed E-state index contributed by atoms with van der Waals surface area (Å²) in [5.74, 6) is 0.651. The monoisotopic (exact) mass is 521 g/mol. The molecule has 4 rings (SSSR count). The van der Waals surface area contributed by atoms with Crippen LogP contribution in [0, 0.1) is 0 Å². The van der Waals surface area contributed by atoms with Crippen LogP contribution in [0.25, 0.3) is 11.1 Å². The Morgan fingerprint density at radius 1 is 0.947 bits per heavy atom. The van der Waals surface area contributed by atoms with E-state index in [4.69, 9.17) is 18.9 Å². The van der Waals surface area contributed by atoms with Gasteiger partial charge in [-0.1, -0.05) is 48.5 Å². The molecular weight excluding hydrogens is 486 g/mol. The van der Waals surface area contributed by atoms with Crippen LogP contribution in [0.5, 0.6) is 11.5 Å². The maximum Gasteiger partial charge on any atom is 0.252 e. The fraction of sp³-hybridized carbons (Fsp3) is 0.367. The number of hydrogen-bond acceptors (Lipinski definition) is 7. The lowest BCUT2D eigenvalue weighted by molar-refractivity contribution is -0.305. The first-order valence-corrected chi connectivity index (χ1v) is 12.6. The smallest absolute Gasteiger partial charge is 0.252 e. The number of aliphatic hydroxyl groups excluding tert-OH is 2. The lowest BCUT2D eigenvalue weighted by Gasteiger charge is -2.46. The number of ether oxygens (including phenoxy) is 4. The van der Waals surface area contributed by atoms with Gasteiger partial charge in [0.1, 0.15) is 29.8 Å². The first-order chi connectivity index (χ1) is 18.2. The van der Waals surface area contributed by atoms with Crippen molar-refractivity contribution in [1.29, 1.82) is 0 Å². The molecule has 202 valence electrons. The van der Waals surface area contributed by atoms with Crippen molar-refractivity contribution in [2.75, 3.05) is 20.8 Å². The van der Waals surface area contributed by atoms with E-state index in [1.165, 1.54) is 7.11 Å². The Morgan fingerprint density at radius 3 is 2.37 bits per heavy atom. The molecular formula is C30H35NO7. The molecule has 0 radical (unpaired) electrons. The molecule has 1 fully saturated rings. The molecule has 0 saturated carbocycles. The normalized spacial score (nSPS) is 22.5. The van der Waals surface area contributed by atoms with Crippen molar-refractivity contribution in [3.05, 3.63) is 83.9 Å². The summed E-state index contributed by atoms with van der Waals surface area (Å²) < 4.78 is 22.8. The van der Waals surface area contributed by atoms with E-state index < -0.39 is 30.2 Å². The number of aliphatic hydroxyl groups is 2. The Hall–Kier alpha value is -3.43. The van der Waals surface area contributed by atoms with Gasteiger partial charge in [0.15, 0.2) is 0 Å². The predicted molar refractivity (Wildman–Crippen MR) is 143 cm³/mol. The predicted octanol–water partition coefficient (Wildman–Crippen LogP) is 3.59. The third-order valence-electron chi connectivity index (χ3n) is 6.73. The summed E-state index contributed by atoms with van der Waals surface area (Å²) in [6, 6.07) is 22.4. The molecule has 1 saturated heterocycles. The van der Waals surface area contributed by atoms with Crippen molar-refractivity contribution >= 4 is 5.91 Å². The number of hydrogen-bond donors (Lipinski definition) is 3. The summed E-state index contributed by atoms with van der Waals surface area (Å²) in [5, 5.41) is 24.2. The minimum Gasteiger partial charge on any atom is -0.496 e. The van der Waals surface area contributed by atoms with Gasteiger partial charge in [0.25, 0.3) is 5.91 Å². The van der Waals surface area contributed by atoms with Crippen LogP contribution in [-0.2, 0) is 15.9 Å². The molecule has 1 amide bonds. The van der Waals surface area contributed by atoms with Crippen molar-refractivity contribution in [3.63, 3.8) is 0 Å². The zero-order valence-electron chi connectivity index (χ0n) is 22.1. The van der Waals surface area contributed by atoms with Gasteiger partial charge in [0, 0.05) is 19.2 Å². The Labute approximate surface area is 223 Å². The summed E-state index contributed by atoms with van der Waals surface area (Å²) in [7, 11) is 3.03. The fourth-order valence-corrected chi connectivity index (χ4v) is 4.79. The lowest BCUT2D eigenvalue weighted by atomic mass is 9.89. The molecule has 3 aromatic rings. The minimum atomic E-state index is -1.36. The second-order valence-electron chi connectivity index (χ2n) is 9.74. The highest BCUT2D eigenvalue weighted by Gasteiger charge is 2.50. The number of amides is 1. The van der Waals surface area contributed by atoms with Crippen LogP contribution in [0.3, 0.4) is 0 Å². The first kappa shape index (κ1) is 27.6. The van der Waals surface area contributed by atoms with E-state index in [-0.39, 0.29) is 5.91 Å². The van der Waals surface area contributed by atoms with Gasteiger partial charge < -0.3 is 34.5 Å². The first-order valence-electron chi connectivity index (χ1n) is 12.6. The van der Waals surface area contributed by atoms with Crippen molar-refractivity contribution in [2.45, 2.75) is 50.5 Å². The summed E-state index contributed by atoms with van der Waals surface area (Å²) in [6.45, 7) is 3.95. The van der Waals surface area contributed by atoms with E-state index in [1.54, 1.807) is 39.2 Å². The second-order valence-corrected chi connectivity index (χ2v) is 9.74. The summed E-state index contributed by atoms with van der Waals surface area (Å²) in [6.07, 6.45) is -3.80. The van der Waals surface area contributed by atoms with E-state index in [9.17, 15) is 15.0 Å². The van der Waals surface area contributed by atoms with E-state index in [1.807, 2.05) is 54.6 Å². The van der Waals surface area contributed by atoms with Gasteiger partial charge in [-0.2, -0.15) is 0 Å². The highest BCUT2D eigenvalue weighted by atomic mass is 16.7. The van der Waals surface area contributed by atoms with Gasteiger partial charge >= 0.3 is 0 Å². The van der Waals surface area contributed by atoms with Gasteiger partial charge in [0.2, 0.25) is 6.29 Å². The molecule has 1 heterocycles. The topological polar surface area (TPSA) is 106 Å². The Bertz CT molecular complexity index is 1230. The van der Waals surface area contributed by atoms with Gasteiger partial charge in [-0.3, -0.25) is 4.79 Å². The Morgan fingerprint density at radius 2 is 1.66 bits per heavy atom. The van der Waals surface area contributed by atoms with Crippen LogP contribution in [0.2, 0.25) is 0 Å². The van der Waals surface area contributed by atoms with E-state index in [0.717, 1.165) is 11.1 Å². The maximum absolute atomic E-state index is 13.4. The average Bonchev–Trinajstić information content (AvgIpc) is 2.92. The van der Waals surface area contributed by atoms with Crippen LogP contribution in [0.4, 0.5) is 0 Å². The molecule has 0 aliphatic carbocycles. The second kappa shape index (κ2) is 12.0. The molecule has 0 spiro atoms. The number of carbonyl (C=O) groups is 1. The molecule has 38 heavy (non-hydrogen) atoms. The molecule has 0 unspecified atom stereocenters. The van der Waals surface area contributed by atoms with Crippen LogP contribution >= 0.6 is 0 Å². The molecule has 3 aromatic carbocycles. The highest BCUT2D eigenvalue weighted by Crippen LogP contribution is 2.36. The van der Waals surface area contributed by atoms with Crippen molar-refractivity contribution < 1.29 is 34.0 Å². The van der Waals surface area contributed by atoms with Crippen molar-refractivity contribution in [3.8, 4) is 22.6 Å². The Balaban J connectivity index is 1.62. The van der Waals surface area contributed by atoms with Gasteiger partial charge in [-0.15, -0.1) is 0 Å². The van der Waals surface area contributed by atoms with Crippen LogP contribution < -0.4 is 14.8 Å². The van der Waals surface area contributed by atoms with Gasteiger partial charge in [-0.25, -0.2) is 0 Å². The quantitative estimate of drug-likeness (QED) is 0.395. The molecule has 1 aliphatic rings. The molecule has 8 heteroatoms. The third-order valence-corrected chi connectivity index (χ3v) is 6.73. The molecule has 8 nitrogen and oxygen atoms in total. The SMILES string of the molecule is COc1ccccc1-c1ccc(O[C@@H]2OC(C)(C)[C@H](OC)[C@@H](O)[C@H]2O)cc1C(=O)NCCc1ccccc1. The molecule has 3 N–H and O–H groups in total. The van der Waals surface area contributed by atoms with Crippen molar-refractivity contribution in [2.24, 2.45) is 0 Å². The largest absolute Gasteiger partial charge is 0.496 e. The average molecular weight is 522 g/mol. The third kappa shape index (κ3) is 6.00. The fourth-order valence-electron chi connectivity index (χ4n) is 4.79. The zero-order chi connectivity index (χ0) is 27.3. The summed E-state index contributed by atoms with van der Waals surface area (Å²) >= 11 is 0. The highest BCUT2D eigenvalue weighted by molar-refractivity contribution is 6.02. The number of para-hydroxylation sites is 1. The van der Waals surface area contributed by atoms with E-state index >= 15 is 0 Å². The zero-order valence-corrected chi connectivity index (χ0v) is 22.1.